The molecule has 0 aliphatic carbocycles. The number of rotatable bonds is 6. The molecular formula is C28H26N5O5S-. The van der Waals surface area contributed by atoms with Crippen molar-refractivity contribution in [1.29, 1.82) is 0 Å². The Morgan fingerprint density at radius 1 is 0.923 bits per heavy atom. The molecule has 39 heavy (non-hydrogen) atoms. The molecule has 2 heterocycles. The van der Waals surface area contributed by atoms with Crippen LogP contribution in [0.1, 0.15) is 10.4 Å². The van der Waals surface area contributed by atoms with Crippen LogP contribution in [0, 0.1) is 0 Å². The third-order valence-corrected chi connectivity index (χ3v) is 7.23. The van der Waals surface area contributed by atoms with Crippen LogP contribution >= 0.6 is 0 Å². The number of methoxy groups -OCH3 is 1. The van der Waals surface area contributed by atoms with Gasteiger partial charge >= 0.3 is 6.03 Å². The summed E-state index contributed by atoms with van der Waals surface area (Å²) in [5, 5.41) is 3.67. The molecule has 0 radical (unpaired) electrons. The molecule has 11 heteroatoms. The van der Waals surface area contributed by atoms with E-state index >= 15 is 0 Å². The van der Waals surface area contributed by atoms with Crippen molar-refractivity contribution in [3.05, 3.63) is 90.6 Å². The number of pyridine rings is 1. The Morgan fingerprint density at radius 3 is 2.26 bits per heavy atom. The number of fused-ring (bicyclic) bond motifs is 1. The Bertz CT molecular complexity index is 1500. The van der Waals surface area contributed by atoms with Crippen LogP contribution in [-0.4, -0.2) is 68.8 Å². The zero-order valence-electron chi connectivity index (χ0n) is 21.1. The molecule has 3 aromatic carbocycles. The molecule has 1 unspecified atom stereocenters. The van der Waals surface area contributed by atoms with Gasteiger partial charge in [0.1, 0.15) is 5.75 Å². The molecular weight excluding hydrogens is 518 g/mol. The number of ether oxygens (including phenoxy) is 1. The number of para-hydroxylation sites is 1. The Kier molecular flexibility index (Phi) is 7.71. The molecule has 1 aliphatic heterocycles. The Hall–Kier alpha value is -4.48. The fourth-order valence-electron chi connectivity index (χ4n) is 4.47. The molecule has 0 saturated carbocycles. The van der Waals surface area contributed by atoms with Crippen molar-refractivity contribution in [2.24, 2.45) is 0 Å². The van der Waals surface area contributed by atoms with Gasteiger partial charge in [0.15, 0.2) is 0 Å². The number of carbonyl (C=O) groups excluding carboxylic acids is 2. The minimum Gasteiger partial charge on any atom is -0.755 e. The van der Waals surface area contributed by atoms with Gasteiger partial charge in [-0.2, -0.15) is 0 Å². The first-order valence-corrected chi connectivity index (χ1v) is 13.3. The predicted octanol–water partition coefficient (Wildman–Crippen LogP) is 4.17. The van der Waals surface area contributed by atoms with E-state index in [0.717, 1.165) is 9.69 Å². The van der Waals surface area contributed by atoms with Gasteiger partial charge in [0, 0.05) is 49.0 Å². The van der Waals surface area contributed by atoms with E-state index in [-0.39, 0.29) is 11.9 Å². The molecule has 1 fully saturated rings. The Morgan fingerprint density at radius 2 is 1.59 bits per heavy atom. The maximum atomic E-state index is 13.1. The summed E-state index contributed by atoms with van der Waals surface area (Å²) < 4.78 is 30.7. The zero-order valence-corrected chi connectivity index (χ0v) is 22.0. The summed E-state index contributed by atoms with van der Waals surface area (Å²) in [6.45, 7) is 1.55. The predicted molar refractivity (Wildman–Crippen MR) is 149 cm³/mol. The fourth-order valence-corrected chi connectivity index (χ4v) is 5.07. The highest BCUT2D eigenvalue weighted by atomic mass is 32.2. The van der Waals surface area contributed by atoms with Gasteiger partial charge in [0.25, 0.3) is 5.91 Å². The van der Waals surface area contributed by atoms with Crippen molar-refractivity contribution in [2.45, 2.75) is 0 Å². The molecule has 1 atom stereocenters. The summed E-state index contributed by atoms with van der Waals surface area (Å²) in [6.07, 6.45) is 1.61. The minimum absolute atomic E-state index is 0.182. The molecule has 0 spiro atoms. The first-order chi connectivity index (χ1) is 18.9. The highest BCUT2D eigenvalue weighted by Gasteiger charge is 2.25. The number of urea groups is 1. The molecule has 200 valence electrons. The van der Waals surface area contributed by atoms with E-state index in [1.807, 2.05) is 12.1 Å². The van der Waals surface area contributed by atoms with E-state index in [2.05, 4.69) is 10.3 Å². The summed E-state index contributed by atoms with van der Waals surface area (Å²) in [5.74, 6) is 0.520. The highest BCUT2D eigenvalue weighted by molar-refractivity contribution is 7.81. The van der Waals surface area contributed by atoms with Gasteiger partial charge in [-0.15, -0.1) is 0 Å². The van der Waals surface area contributed by atoms with Gasteiger partial charge in [-0.3, -0.25) is 18.3 Å². The number of nitrogens with one attached hydrogen (secondary N) is 1. The van der Waals surface area contributed by atoms with Gasteiger partial charge < -0.3 is 24.4 Å². The fraction of sp³-hybridized carbons (Fsp3) is 0.179. The summed E-state index contributed by atoms with van der Waals surface area (Å²) in [7, 11) is 1.58. The number of hydrogen-bond donors (Lipinski definition) is 1. The zero-order chi connectivity index (χ0) is 27.4. The van der Waals surface area contributed by atoms with E-state index in [9.17, 15) is 18.4 Å². The number of anilines is 3. The number of amides is 3. The monoisotopic (exact) mass is 544 g/mol. The number of benzene rings is 3. The number of hydrogen-bond acceptors (Lipinski definition) is 6. The number of aromatic nitrogens is 1. The molecule has 0 bridgehead atoms. The molecule has 10 nitrogen and oxygen atoms in total. The average Bonchev–Trinajstić information content (AvgIpc) is 2.98. The number of piperazine rings is 1. The first-order valence-electron chi connectivity index (χ1n) is 12.3. The molecule has 3 amide bonds. The second kappa shape index (κ2) is 11.5. The van der Waals surface area contributed by atoms with Crippen LogP contribution in [-0.2, 0) is 11.3 Å². The molecule has 1 aliphatic rings. The highest BCUT2D eigenvalue weighted by Crippen LogP contribution is 2.32. The van der Waals surface area contributed by atoms with Crippen LogP contribution in [0.2, 0.25) is 0 Å². The third-order valence-electron chi connectivity index (χ3n) is 6.52. The van der Waals surface area contributed by atoms with Crippen LogP contribution in [0.4, 0.5) is 21.9 Å². The van der Waals surface area contributed by atoms with E-state index in [1.54, 1.807) is 89.8 Å². The lowest BCUT2D eigenvalue weighted by Crippen LogP contribution is -2.51. The Labute approximate surface area is 228 Å². The van der Waals surface area contributed by atoms with Crippen LogP contribution < -0.4 is 14.4 Å². The summed E-state index contributed by atoms with van der Waals surface area (Å²) in [4.78, 5) is 33.5. The summed E-state index contributed by atoms with van der Waals surface area (Å²) >= 11 is -2.61. The second-order valence-electron chi connectivity index (χ2n) is 8.85. The van der Waals surface area contributed by atoms with Gasteiger partial charge in [-0.05, 0) is 60.7 Å². The quantitative estimate of drug-likeness (QED) is 0.364. The van der Waals surface area contributed by atoms with Crippen LogP contribution in [0.15, 0.2) is 85.1 Å². The topological polar surface area (TPSA) is 118 Å². The van der Waals surface area contributed by atoms with Gasteiger partial charge in [-0.25, -0.2) is 4.79 Å². The van der Waals surface area contributed by atoms with E-state index in [0.29, 0.717) is 60.1 Å². The van der Waals surface area contributed by atoms with Crippen molar-refractivity contribution < 1.29 is 23.1 Å². The first kappa shape index (κ1) is 26.1. The average molecular weight is 545 g/mol. The third kappa shape index (κ3) is 5.69. The normalized spacial score (nSPS) is 14.1. The largest absolute Gasteiger partial charge is 0.755 e. The van der Waals surface area contributed by atoms with Crippen molar-refractivity contribution in [1.82, 2.24) is 14.8 Å². The van der Waals surface area contributed by atoms with Crippen LogP contribution in [0.5, 0.6) is 5.75 Å². The van der Waals surface area contributed by atoms with Gasteiger partial charge in [0.05, 0.1) is 35.3 Å². The minimum atomic E-state index is -2.61. The lowest BCUT2D eigenvalue weighted by molar-refractivity contribution is 0.0671. The van der Waals surface area contributed by atoms with Crippen LogP contribution in [0.3, 0.4) is 0 Å². The lowest BCUT2D eigenvalue weighted by atomic mass is 10.1. The molecule has 1 aromatic heterocycles. The standard InChI is InChI=1S/C28H27N5O5S/c1-38-24-13-9-22(10-14-24)30-28(35)32-18-16-31(17-19-32)27(34)21-7-11-23(12-8-21)33(39(36)37)25-6-2-4-20-5-3-15-29-26(20)25/h2-15H,16-19H2,1H3,(H,30,35)(H,36,37)/p-1. The molecule has 1 N–H and O–H groups in total. The number of nitrogens with zero attached hydrogens (tertiary/aromatic N) is 4. The second-order valence-corrected chi connectivity index (χ2v) is 9.65. The maximum absolute atomic E-state index is 13.1. The van der Waals surface area contributed by atoms with Crippen molar-refractivity contribution in [2.75, 3.05) is 42.9 Å². The molecule has 1 saturated heterocycles. The summed E-state index contributed by atoms with van der Waals surface area (Å²) in [6, 6.07) is 22.2. The smallest absolute Gasteiger partial charge is 0.321 e. The van der Waals surface area contributed by atoms with Crippen molar-refractivity contribution in [3.63, 3.8) is 0 Å². The van der Waals surface area contributed by atoms with Crippen LogP contribution in [0.25, 0.3) is 10.9 Å². The Balaban J connectivity index is 1.23. The number of carbonyl (C=O) groups is 2. The van der Waals surface area contributed by atoms with Gasteiger partial charge in [0.2, 0.25) is 0 Å². The molecule has 5 rings (SSSR count). The van der Waals surface area contributed by atoms with E-state index in [4.69, 9.17) is 4.74 Å². The molecule has 4 aromatic rings. The van der Waals surface area contributed by atoms with E-state index in [1.165, 1.54) is 0 Å². The summed E-state index contributed by atoms with van der Waals surface area (Å²) in [5.41, 5.74) is 2.45. The van der Waals surface area contributed by atoms with Gasteiger partial charge in [-0.1, -0.05) is 18.2 Å². The van der Waals surface area contributed by atoms with E-state index < -0.39 is 11.3 Å². The van der Waals surface area contributed by atoms with Crippen molar-refractivity contribution in [3.8, 4) is 5.75 Å². The lowest BCUT2D eigenvalue weighted by Gasteiger charge is -2.35. The SMILES string of the molecule is COc1ccc(NC(=O)N2CCN(C(=O)c3ccc(N(c4cccc5cccnc45)S(=O)[O-])cc3)CC2)cc1. The maximum Gasteiger partial charge on any atom is 0.321 e. The van der Waals surface area contributed by atoms with Crippen molar-refractivity contribution >= 4 is 51.2 Å².